The molecule has 0 spiro atoms. The molecule has 2 heterocycles. The number of amides is 1. The van der Waals surface area contributed by atoms with Crippen LogP contribution in [0.2, 0.25) is 0 Å². The van der Waals surface area contributed by atoms with Gasteiger partial charge in [-0.25, -0.2) is 8.42 Å². The van der Waals surface area contributed by atoms with Crippen molar-refractivity contribution in [1.82, 2.24) is 14.9 Å². The molecule has 10 heteroatoms. The Balaban J connectivity index is 1.39. The minimum Gasteiger partial charge on any atom is -0.301 e. The van der Waals surface area contributed by atoms with Crippen LogP contribution in [0.3, 0.4) is 0 Å². The van der Waals surface area contributed by atoms with E-state index in [4.69, 9.17) is 0 Å². The van der Waals surface area contributed by atoms with E-state index in [0.717, 1.165) is 24.3 Å². The Labute approximate surface area is 168 Å². The van der Waals surface area contributed by atoms with Crippen molar-refractivity contribution in [2.45, 2.75) is 50.3 Å². The number of unbranched alkanes of at least 4 members (excludes halogenated alkanes) is 2. The minimum absolute atomic E-state index is 0.0738. The Hall–Kier alpha value is -2.33. The molecule has 1 aromatic heterocycles. The number of hydrogen-bond donors (Lipinski definition) is 2. The third-order valence-corrected chi connectivity index (χ3v) is 6.71. The molecule has 150 valence electrons. The maximum atomic E-state index is 12.0. The first-order valence-corrected chi connectivity index (χ1v) is 11.5. The highest BCUT2D eigenvalue weighted by Gasteiger charge is 2.29. The van der Waals surface area contributed by atoms with Crippen molar-refractivity contribution in [1.29, 1.82) is 0 Å². The van der Waals surface area contributed by atoms with Gasteiger partial charge in [-0.2, -0.15) is 0 Å². The second-order valence-corrected chi connectivity index (χ2v) is 9.45. The summed E-state index contributed by atoms with van der Waals surface area (Å²) in [5, 5.41) is 12.2. The summed E-state index contributed by atoms with van der Waals surface area (Å²) in [6.45, 7) is 4.57. The van der Waals surface area contributed by atoms with Crippen molar-refractivity contribution in [2.75, 3.05) is 11.9 Å². The summed E-state index contributed by atoms with van der Waals surface area (Å²) >= 11 is 1.40. The lowest BCUT2D eigenvalue weighted by molar-refractivity contribution is -0.116. The number of hydrogen-bond acceptors (Lipinski definition) is 7. The van der Waals surface area contributed by atoms with Crippen molar-refractivity contribution in [2.24, 2.45) is 4.99 Å². The minimum atomic E-state index is -3.49. The van der Waals surface area contributed by atoms with E-state index in [2.05, 4.69) is 25.2 Å². The average molecular weight is 422 g/mol. The van der Waals surface area contributed by atoms with E-state index < -0.39 is 10.0 Å². The predicted octanol–water partition coefficient (Wildman–Crippen LogP) is 2.90. The summed E-state index contributed by atoms with van der Waals surface area (Å²) < 4.78 is 26.5. The van der Waals surface area contributed by atoms with Crippen molar-refractivity contribution >= 4 is 38.2 Å². The molecule has 1 amide bonds. The fourth-order valence-electron chi connectivity index (χ4n) is 2.72. The quantitative estimate of drug-likeness (QED) is 0.636. The molecule has 0 saturated heterocycles. The van der Waals surface area contributed by atoms with Crippen LogP contribution < -0.4 is 10.0 Å². The lowest BCUT2D eigenvalue weighted by Crippen LogP contribution is -2.22. The van der Waals surface area contributed by atoms with Crippen molar-refractivity contribution in [3.63, 3.8) is 0 Å². The van der Waals surface area contributed by atoms with Gasteiger partial charge in [0.05, 0.1) is 4.90 Å². The summed E-state index contributed by atoms with van der Waals surface area (Å²) in [6, 6.07) is 6.80. The monoisotopic (exact) mass is 421 g/mol. The highest BCUT2D eigenvalue weighted by Crippen LogP contribution is 2.23. The third kappa shape index (κ3) is 4.93. The van der Waals surface area contributed by atoms with Gasteiger partial charge in [-0.1, -0.05) is 43.7 Å². The van der Waals surface area contributed by atoms with Crippen LogP contribution in [-0.2, 0) is 14.8 Å². The summed E-state index contributed by atoms with van der Waals surface area (Å²) in [5.74, 6) is 0.613. The van der Waals surface area contributed by atoms with Gasteiger partial charge in [0.25, 0.3) is 10.0 Å². The standard InChI is InChI=1S/C18H23N5O3S2/c1-12(2)17-21-22-18(27-17)20-15(24)10-4-3-7-11-19-16-13-8-5-6-9-14(13)28(25,26)23-16/h5-6,8-9,12H,3-4,7,10-11H2,1-2H3,(H,19,23)(H,20,22,24). The predicted molar refractivity (Wildman–Crippen MR) is 109 cm³/mol. The second-order valence-electron chi connectivity index (χ2n) is 6.79. The van der Waals surface area contributed by atoms with Gasteiger partial charge in [0.2, 0.25) is 11.0 Å². The smallest absolute Gasteiger partial charge is 0.263 e. The number of benzene rings is 1. The van der Waals surface area contributed by atoms with Gasteiger partial charge >= 0.3 is 0 Å². The number of aromatic nitrogens is 2. The molecule has 0 atom stereocenters. The molecule has 1 aromatic carbocycles. The van der Waals surface area contributed by atoms with Crippen LogP contribution in [0.15, 0.2) is 34.2 Å². The summed E-state index contributed by atoms with van der Waals surface area (Å²) in [6.07, 6.45) is 2.74. The van der Waals surface area contributed by atoms with E-state index >= 15 is 0 Å². The molecular weight excluding hydrogens is 398 g/mol. The molecule has 0 fully saturated rings. The van der Waals surface area contributed by atoms with Crippen LogP contribution in [0, 0.1) is 0 Å². The van der Waals surface area contributed by atoms with Crippen LogP contribution in [0.25, 0.3) is 0 Å². The molecule has 1 aliphatic rings. The van der Waals surface area contributed by atoms with E-state index in [1.807, 2.05) is 13.8 Å². The Morgan fingerprint density at radius 1 is 1.21 bits per heavy atom. The Bertz CT molecular complexity index is 983. The number of fused-ring (bicyclic) bond motifs is 1. The summed E-state index contributed by atoms with van der Waals surface area (Å²) in [7, 11) is -3.49. The normalized spacial score (nSPS) is 16.2. The first-order valence-electron chi connectivity index (χ1n) is 9.17. The number of amidine groups is 1. The second kappa shape index (κ2) is 8.78. The van der Waals surface area contributed by atoms with E-state index in [-0.39, 0.29) is 10.8 Å². The van der Waals surface area contributed by atoms with Gasteiger partial charge in [0.1, 0.15) is 10.8 Å². The van der Waals surface area contributed by atoms with Gasteiger partial charge in [-0.3, -0.25) is 14.5 Å². The molecule has 1 aliphatic heterocycles. The number of nitrogens with one attached hydrogen (secondary N) is 2. The fourth-order valence-corrected chi connectivity index (χ4v) is 4.73. The number of carbonyl (C=O) groups excluding carboxylic acids is 1. The van der Waals surface area contributed by atoms with Gasteiger partial charge in [0.15, 0.2) is 0 Å². The van der Waals surface area contributed by atoms with Gasteiger partial charge in [0, 0.05) is 24.4 Å². The lowest BCUT2D eigenvalue weighted by Gasteiger charge is -2.02. The zero-order valence-electron chi connectivity index (χ0n) is 15.8. The number of nitrogens with zero attached hydrogens (tertiary/aromatic N) is 3. The van der Waals surface area contributed by atoms with E-state index in [0.29, 0.717) is 35.4 Å². The Morgan fingerprint density at radius 2 is 2.00 bits per heavy atom. The molecule has 8 nitrogen and oxygen atoms in total. The van der Waals surface area contributed by atoms with E-state index in [1.54, 1.807) is 24.3 Å². The number of rotatable bonds is 8. The zero-order valence-corrected chi connectivity index (χ0v) is 17.4. The number of carbonyl (C=O) groups is 1. The largest absolute Gasteiger partial charge is 0.301 e. The van der Waals surface area contributed by atoms with Gasteiger partial charge in [-0.05, 0) is 25.0 Å². The summed E-state index contributed by atoms with van der Waals surface area (Å²) in [5.41, 5.74) is 0.611. The molecule has 28 heavy (non-hydrogen) atoms. The SMILES string of the molecule is CC(C)c1nnc(NC(=O)CCCCCN=C2NS(=O)(=O)c3ccccc32)s1. The summed E-state index contributed by atoms with van der Waals surface area (Å²) in [4.78, 5) is 16.6. The molecule has 2 N–H and O–H groups in total. The van der Waals surface area contributed by atoms with Crippen LogP contribution >= 0.6 is 11.3 Å². The maximum Gasteiger partial charge on any atom is 0.263 e. The molecule has 0 aliphatic carbocycles. The molecule has 0 saturated carbocycles. The van der Waals surface area contributed by atoms with E-state index in [1.165, 1.54) is 11.3 Å². The molecule has 0 radical (unpaired) electrons. The van der Waals surface area contributed by atoms with Crippen LogP contribution in [0.4, 0.5) is 5.13 Å². The highest BCUT2D eigenvalue weighted by atomic mass is 32.2. The first-order chi connectivity index (χ1) is 13.4. The van der Waals surface area contributed by atoms with Crippen LogP contribution in [0.1, 0.15) is 56.0 Å². The average Bonchev–Trinajstić information content (AvgIpc) is 3.21. The third-order valence-electron chi connectivity index (χ3n) is 4.18. The fraction of sp³-hybridized carbons (Fsp3) is 0.444. The van der Waals surface area contributed by atoms with Gasteiger partial charge in [-0.15, -0.1) is 10.2 Å². The van der Waals surface area contributed by atoms with Crippen LogP contribution in [-0.4, -0.2) is 36.9 Å². The molecule has 3 rings (SSSR count). The number of aliphatic imine (C=N–C) groups is 1. The lowest BCUT2D eigenvalue weighted by atomic mass is 10.2. The molecule has 0 bridgehead atoms. The van der Waals surface area contributed by atoms with Crippen LogP contribution in [0.5, 0.6) is 0 Å². The first kappa shape index (κ1) is 20.4. The van der Waals surface area contributed by atoms with Crippen molar-refractivity contribution in [3.05, 3.63) is 34.8 Å². The van der Waals surface area contributed by atoms with Gasteiger partial charge < -0.3 is 5.32 Å². The van der Waals surface area contributed by atoms with Crippen molar-refractivity contribution < 1.29 is 13.2 Å². The molecule has 0 unspecified atom stereocenters. The Kier molecular flexibility index (Phi) is 6.40. The number of sulfonamides is 1. The zero-order chi connectivity index (χ0) is 20.1. The van der Waals surface area contributed by atoms with Crippen molar-refractivity contribution in [3.8, 4) is 0 Å². The highest BCUT2D eigenvalue weighted by molar-refractivity contribution is 7.90. The Morgan fingerprint density at radius 3 is 2.75 bits per heavy atom. The topological polar surface area (TPSA) is 113 Å². The number of anilines is 1. The maximum absolute atomic E-state index is 12.0. The van der Waals surface area contributed by atoms with E-state index in [9.17, 15) is 13.2 Å². The molecular formula is C18H23N5O3S2. The molecule has 2 aromatic rings.